The van der Waals surface area contributed by atoms with Crippen molar-refractivity contribution in [2.24, 2.45) is 5.92 Å². The van der Waals surface area contributed by atoms with Gasteiger partial charge in [-0.15, -0.1) is 0 Å². The summed E-state index contributed by atoms with van der Waals surface area (Å²) in [5.74, 6) is 0.246. The average Bonchev–Trinajstić information content (AvgIpc) is 2.33. The van der Waals surface area contributed by atoms with E-state index in [4.69, 9.17) is 9.47 Å². The first-order chi connectivity index (χ1) is 7.68. The molecule has 1 fully saturated rings. The number of ether oxygens (including phenoxy) is 2. The number of likely N-dealkylation sites (tertiary alicyclic amines) is 1. The van der Waals surface area contributed by atoms with Crippen molar-refractivity contribution in [3.8, 4) is 0 Å². The highest BCUT2D eigenvalue weighted by molar-refractivity contribution is 5.91. The van der Waals surface area contributed by atoms with E-state index in [-0.39, 0.29) is 23.7 Å². The van der Waals surface area contributed by atoms with Crippen LogP contribution in [0.3, 0.4) is 0 Å². The van der Waals surface area contributed by atoms with Crippen LogP contribution in [0.5, 0.6) is 0 Å². The van der Waals surface area contributed by atoms with Gasteiger partial charge in [0, 0.05) is 13.1 Å². The Labute approximate surface area is 94.6 Å². The minimum atomic E-state index is -0.304. The molecule has 16 heavy (non-hydrogen) atoms. The third-order valence-electron chi connectivity index (χ3n) is 3.01. The second-order valence-corrected chi connectivity index (χ2v) is 4.29. The minimum absolute atomic E-state index is 0.114. The first-order valence-corrected chi connectivity index (χ1v) is 5.60. The Morgan fingerprint density at radius 1 is 1.56 bits per heavy atom. The third kappa shape index (κ3) is 2.29. The summed E-state index contributed by atoms with van der Waals surface area (Å²) in [6, 6.07) is 0. The van der Waals surface area contributed by atoms with Crippen LogP contribution < -0.4 is 0 Å². The molecule has 0 aromatic heterocycles. The van der Waals surface area contributed by atoms with Gasteiger partial charge in [0.25, 0.3) is 5.91 Å². The molecular formula is C11H17NO4. The van der Waals surface area contributed by atoms with E-state index in [9.17, 15) is 9.90 Å². The summed E-state index contributed by atoms with van der Waals surface area (Å²) in [7, 11) is 0. The summed E-state index contributed by atoms with van der Waals surface area (Å²) in [5, 5.41) is 9.58. The quantitative estimate of drug-likeness (QED) is 0.690. The number of hydrogen-bond acceptors (Lipinski definition) is 4. The van der Waals surface area contributed by atoms with Gasteiger partial charge < -0.3 is 19.5 Å². The lowest BCUT2D eigenvalue weighted by molar-refractivity contribution is -0.135. The van der Waals surface area contributed by atoms with Crippen molar-refractivity contribution in [3.05, 3.63) is 12.0 Å². The van der Waals surface area contributed by atoms with Crippen LogP contribution in [-0.4, -0.2) is 48.3 Å². The summed E-state index contributed by atoms with van der Waals surface area (Å²) in [6.45, 7) is 4.00. The third-order valence-corrected chi connectivity index (χ3v) is 3.01. The number of carbonyl (C=O) groups is 1. The molecule has 1 N–H and O–H groups in total. The fourth-order valence-electron chi connectivity index (χ4n) is 1.95. The predicted molar refractivity (Wildman–Crippen MR) is 56.4 cm³/mol. The molecule has 5 heteroatoms. The lowest BCUT2D eigenvalue weighted by atomic mass is 9.97. The number of rotatable bonds is 1. The molecule has 1 amide bonds. The Morgan fingerprint density at radius 3 is 3.00 bits per heavy atom. The van der Waals surface area contributed by atoms with Crippen LogP contribution in [0.25, 0.3) is 0 Å². The van der Waals surface area contributed by atoms with Crippen molar-refractivity contribution in [2.75, 3.05) is 26.3 Å². The van der Waals surface area contributed by atoms with Gasteiger partial charge in [-0.05, 0) is 12.3 Å². The van der Waals surface area contributed by atoms with E-state index in [1.807, 2.05) is 6.92 Å². The number of hydrogen-bond donors (Lipinski definition) is 1. The second kappa shape index (κ2) is 4.74. The van der Waals surface area contributed by atoms with E-state index in [1.165, 1.54) is 6.26 Å². The highest BCUT2D eigenvalue weighted by Crippen LogP contribution is 2.19. The Morgan fingerprint density at radius 2 is 2.38 bits per heavy atom. The van der Waals surface area contributed by atoms with Gasteiger partial charge in [0.2, 0.25) is 5.76 Å². The van der Waals surface area contributed by atoms with Gasteiger partial charge in [-0.1, -0.05) is 6.92 Å². The SMILES string of the molecule is CC1CN(C(=O)C2=COCCO2)CCC1O. The maximum Gasteiger partial charge on any atom is 0.292 e. The molecule has 0 radical (unpaired) electrons. The van der Waals surface area contributed by atoms with Crippen LogP contribution in [0, 0.1) is 5.92 Å². The Bertz CT molecular complexity index is 302. The minimum Gasteiger partial charge on any atom is -0.494 e. The number of piperidine rings is 1. The van der Waals surface area contributed by atoms with Crippen molar-refractivity contribution in [2.45, 2.75) is 19.4 Å². The highest BCUT2D eigenvalue weighted by Gasteiger charge is 2.30. The lowest BCUT2D eigenvalue weighted by Gasteiger charge is -2.34. The average molecular weight is 227 g/mol. The van der Waals surface area contributed by atoms with Gasteiger partial charge >= 0.3 is 0 Å². The number of carbonyl (C=O) groups excluding carboxylic acids is 1. The fraction of sp³-hybridized carbons (Fsp3) is 0.727. The number of aliphatic hydroxyl groups is 1. The zero-order chi connectivity index (χ0) is 11.5. The van der Waals surface area contributed by atoms with Crippen LogP contribution >= 0.6 is 0 Å². The first-order valence-electron chi connectivity index (χ1n) is 5.60. The van der Waals surface area contributed by atoms with Gasteiger partial charge in [-0.3, -0.25) is 4.79 Å². The maximum atomic E-state index is 12.0. The zero-order valence-corrected chi connectivity index (χ0v) is 9.39. The molecule has 2 heterocycles. The summed E-state index contributed by atoms with van der Waals surface area (Å²) in [6.07, 6.45) is 1.70. The largest absolute Gasteiger partial charge is 0.494 e. The van der Waals surface area contributed by atoms with Gasteiger partial charge in [-0.25, -0.2) is 0 Å². The Hall–Kier alpha value is -1.23. The summed E-state index contributed by atoms with van der Waals surface area (Å²) in [5.41, 5.74) is 0. The Kier molecular flexibility index (Phi) is 3.33. The molecule has 0 aliphatic carbocycles. The summed E-state index contributed by atoms with van der Waals surface area (Å²) in [4.78, 5) is 13.7. The molecule has 5 nitrogen and oxygen atoms in total. The summed E-state index contributed by atoms with van der Waals surface area (Å²) >= 11 is 0. The standard InChI is InChI=1S/C11H17NO4/c1-8-6-12(3-2-9(8)13)11(14)10-7-15-4-5-16-10/h7-9,13H,2-6H2,1H3. The molecular weight excluding hydrogens is 210 g/mol. The van der Waals surface area contributed by atoms with Crippen LogP contribution in [0.1, 0.15) is 13.3 Å². The Balaban J connectivity index is 1.97. The van der Waals surface area contributed by atoms with Crippen molar-refractivity contribution >= 4 is 5.91 Å². The van der Waals surface area contributed by atoms with Gasteiger partial charge in [0.1, 0.15) is 19.5 Å². The van der Waals surface area contributed by atoms with Crippen LogP contribution in [0.15, 0.2) is 12.0 Å². The summed E-state index contributed by atoms with van der Waals surface area (Å²) < 4.78 is 10.3. The maximum absolute atomic E-state index is 12.0. The first kappa shape index (κ1) is 11.3. The van der Waals surface area contributed by atoms with Crippen molar-refractivity contribution in [1.29, 1.82) is 0 Å². The molecule has 2 aliphatic rings. The molecule has 0 saturated carbocycles. The predicted octanol–water partition coefficient (Wildman–Crippen LogP) is 0.104. The molecule has 0 aromatic rings. The second-order valence-electron chi connectivity index (χ2n) is 4.29. The van der Waals surface area contributed by atoms with E-state index in [0.29, 0.717) is 32.7 Å². The van der Waals surface area contributed by atoms with Gasteiger partial charge in [0.15, 0.2) is 0 Å². The molecule has 90 valence electrons. The number of nitrogens with zero attached hydrogens (tertiary/aromatic N) is 1. The van der Waals surface area contributed by atoms with Crippen LogP contribution in [-0.2, 0) is 14.3 Å². The molecule has 2 aliphatic heterocycles. The molecule has 0 aromatic carbocycles. The van der Waals surface area contributed by atoms with Crippen molar-refractivity contribution < 1.29 is 19.4 Å². The molecule has 0 spiro atoms. The highest BCUT2D eigenvalue weighted by atomic mass is 16.6. The van der Waals surface area contributed by atoms with E-state index in [0.717, 1.165) is 0 Å². The normalized spacial score (nSPS) is 30.1. The topological polar surface area (TPSA) is 59.0 Å². The van der Waals surface area contributed by atoms with E-state index in [1.54, 1.807) is 4.90 Å². The smallest absolute Gasteiger partial charge is 0.292 e. The molecule has 2 atom stereocenters. The fourth-order valence-corrected chi connectivity index (χ4v) is 1.95. The van der Waals surface area contributed by atoms with Crippen molar-refractivity contribution in [3.63, 3.8) is 0 Å². The monoisotopic (exact) mass is 227 g/mol. The molecule has 1 saturated heterocycles. The molecule has 0 bridgehead atoms. The molecule has 2 unspecified atom stereocenters. The number of amides is 1. The molecule has 2 rings (SSSR count). The van der Waals surface area contributed by atoms with E-state index >= 15 is 0 Å². The van der Waals surface area contributed by atoms with Gasteiger partial charge in [-0.2, -0.15) is 0 Å². The van der Waals surface area contributed by atoms with Crippen LogP contribution in [0.2, 0.25) is 0 Å². The van der Waals surface area contributed by atoms with E-state index in [2.05, 4.69) is 0 Å². The lowest BCUT2D eigenvalue weighted by Crippen LogP contribution is -2.46. The van der Waals surface area contributed by atoms with Crippen molar-refractivity contribution in [1.82, 2.24) is 4.90 Å². The number of aliphatic hydroxyl groups excluding tert-OH is 1. The zero-order valence-electron chi connectivity index (χ0n) is 9.39. The van der Waals surface area contributed by atoms with Gasteiger partial charge in [0.05, 0.1) is 6.10 Å². The van der Waals surface area contributed by atoms with E-state index < -0.39 is 0 Å². The van der Waals surface area contributed by atoms with Crippen LogP contribution in [0.4, 0.5) is 0 Å².